The molecule has 1 aliphatic heterocycles. The molecule has 30 heavy (non-hydrogen) atoms. The molecule has 1 amide bonds. The zero-order valence-electron chi connectivity index (χ0n) is 16.7. The van der Waals surface area contributed by atoms with Crippen molar-refractivity contribution in [2.24, 2.45) is 0 Å². The molecular weight excluding hydrogens is 440 g/mol. The number of nitrogens with zero attached hydrogens (tertiary/aromatic N) is 2. The lowest BCUT2D eigenvalue weighted by Gasteiger charge is -2.23. The molecule has 8 heteroatoms. The van der Waals surface area contributed by atoms with Gasteiger partial charge < -0.3 is 9.47 Å². The van der Waals surface area contributed by atoms with Crippen molar-refractivity contribution >= 4 is 56.0 Å². The number of anilines is 1. The average molecular weight is 463 g/mol. The maximum Gasteiger partial charge on any atom is 0.229 e. The standard InChI is InChI=1S/C22H23ClN2O3S2/c1-27-18-5-2-6-19-21(18)24-22(30-19)25(14-16-4-3-12-28-16)20(26)11-13-29-17-9-7-15(23)8-10-17/h2,5-10,16H,3-4,11-14H2,1H3. The van der Waals surface area contributed by atoms with Gasteiger partial charge in [-0.2, -0.15) is 0 Å². The van der Waals surface area contributed by atoms with Crippen LogP contribution in [0.25, 0.3) is 10.2 Å². The summed E-state index contributed by atoms with van der Waals surface area (Å²) in [6, 6.07) is 13.5. The van der Waals surface area contributed by atoms with Gasteiger partial charge in [0, 0.05) is 28.7 Å². The fourth-order valence-corrected chi connectivity index (χ4v) is 5.37. The van der Waals surface area contributed by atoms with Gasteiger partial charge in [-0.25, -0.2) is 4.98 Å². The van der Waals surface area contributed by atoms with E-state index in [-0.39, 0.29) is 12.0 Å². The average Bonchev–Trinajstić information content (AvgIpc) is 3.42. The number of fused-ring (bicyclic) bond motifs is 1. The number of thioether (sulfide) groups is 1. The minimum atomic E-state index is 0.0602. The molecule has 3 aromatic rings. The van der Waals surface area contributed by atoms with Crippen LogP contribution in [0, 0.1) is 0 Å². The minimum absolute atomic E-state index is 0.0602. The van der Waals surface area contributed by atoms with Crippen molar-refractivity contribution in [2.75, 3.05) is 30.9 Å². The van der Waals surface area contributed by atoms with Crippen LogP contribution in [0.15, 0.2) is 47.4 Å². The van der Waals surface area contributed by atoms with E-state index in [0.717, 1.165) is 40.3 Å². The number of thiazole rings is 1. The Morgan fingerprint density at radius 1 is 1.33 bits per heavy atom. The summed E-state index contributed by atoms with van der Waals surface area (Å²) in [5.74, 6) is 1.47. The molecule has 0 spiro atoms. The maximum absolute atomic E-state index is 13.2. The number of hydrogen-bond donors (Lipinski definition) is 0. The van der Waals surface area contributed by atoms with E-state index < -0.39 is 0 Å². The molecule has 4 rings (SSSR count). The highest BCUT2D eigenvalue weighted by Gasteiger charge is 2.26. The number of methoxy groups -OCH3 is 1. The molecule has 0 saturated carbocycles. The van der Waals surface area contributed by atoms with E-state index in [9.17, 15) is 4.79 Å². The molecule has 1 atom stereocenters. The number of benzene rings is 2. The molecule has 0 aliphatic carbocycles. The Balaban J connectivity index is 1.50. The summed E-state index contributed by atoms with van der Waals surface area (Å²) in [5, 5.41) is 1.41. The zero-order chi connectivity index (χ0) is 20.9. The summed E-state index contributed by atoms with van der Waals surface area (Å²) in [6.07, 6.45) is 2.49. The lowest BCUT2D eigenvalue weighted by Crippen LogP contribution is -2.37. The molecule has 1 saturated heterocycles. The summed E-state index contributed by atoms with van der Waals surface area (Å²) in [5.41, 5.74) is 0.792. The number of halogens is 1. The fourth-order valence-electron chi connectivity index (χ4n) is 3.39. The highest BCUT2D eigenvalue weighted by molar-refractivity contribution is 7.99. The van der Waals surface area contributed by atoms with Crippen molar-refractivity contribution in [3.8, 4) is 5.75 Å². The van der Waals surface area contributed by atoms with Gasteiger partial charge in [-0.05, 0) is 49.2 Å². The van der Waals surface area contributed by atoms with Crippen molar-refractivity contribution in [2.45, 2.75) is 30.3 Å². The first kappa shape index (κ1) is 21.4. The molecule has 1 fully saturated rings. The number of ether oxygens (including phenoxy) is 2. The Kier molecular flexibility index (Phi) is 7.15. The van der Waals surface area contributed by atoms with E-state index in [1.165, 1.54) is 11.3 Å². The topological polar surface area (TPSA) is 51.7 Å². The van der Waals surface area contributed by atoms with Crippen molar-refractivity contribution in [3.05, 3.63) is 47.5 Å². The maximum atomic E-state index is 13.2. The second-order valence-corrected chi connectivity index (χ2v) is 9.61. The third kappa shape index (κ3) is 5.09. The van der Waals surface area contributed by atoms with Crippen LogP contribution in [-0.4, -0.2) is 43.0 Å². The molecule has 0 radical (unpaired) electrons. The van der Waals surface area contributed by atoms with E-state index in [4.69, 9.17) is 26.1 Å². The van der Waals surface area contributed by atoms with E-state index in [1.807, 2.05) is 42.5 Å². The third-order valence-electron chi connectivity index (χ3n) is 4.93. The van der Waals surface area contributed by atoms with Crippen molar-refractivity contribution in [1.82, 2.24) is 4.98 Å². The largest absolute Gasteiger partial charge is 0.494 e. The van der Waals surface area contributed by atoms with Crippen LogP contribution in [0.5, 0.6) is 5.75 Å². The molecule has 1 aromatic heterocycles. The SMILES string of the molecule is COc1cccc2sc(N(CC3CCCO3)C(=O)CCSc3ccc(Cl)cc3)nc12. The van der Waals surface area contributed by atoms with E-state index in [0.29, 0.717) is 28.9 Å². The van der Waals surface area contributed by atoms with Crippen LogP contribution in [0.4, 0.5) is 5.13 Å². The summed E-state index contributed by atoms with van der Waals surface area (Å²) in [4.78, 5) is 20.8. The van der Waals surface area contributed by atoms with Crippen LogP contribution >= 0.6 is 34.7 Å². The lowest BCUT2D eigenvalue weighted by atomic mass is 10.2. The van der Waals surface area contributed by atoms with Gasteiger partial charge >= 0.3 is 0 Å². The predicted octanol–water partition coefficient (Wildman–Crippen LogP) is 5.65. The first-order valence-corrected chi connectivity index (χ1v) is 12.1. The van der Waals surface area contributed by atoms with E-state index >= 15 is 0 Å². The number of amides is 1. The van der Waals surface area contributed by atoms with Crippen LogP contribution < -0.4 is 9.64 Å². The second kappa shape index (κ2) is 10.0. The molecule has 1 aliphatic rings. The van der Waals surface area contributed by atoms with Gasteiger partial charge in [0.05, 0.1) is 24.5 Å². The summed E-state index contributed by atoms with van der Waals surface area (Å²) in [6.45, 7) is 1.29. The Morgan fingerprint density at radius 2 is 2.17 bits per heavy atom. The monoisotopic (exact) mass is 462 g/mol. The molecule has 158 valence electrons. The summed E-state index contributed by atoms with van der Waals surface area (Å²) < 4.78 is 12.2. The Bertz CT molecular complexity index is 1000. The molecule has 0 bridgehead atoms. The summed E-state index contributed by atoms with van der Waals surface area (Å²) in [7, 11) is 1.64. The predicted molar refractivity (Wildman–Crippen MR) is 124 cm³/mol. The first-order chi connectivity index (χ1) is 14.6. The van der Waals surface area contributed by atoms with Crippen LogP contribution in [-0.2, 0) is 9.53 Å². The van der Waals surface area contributed by atoms with Crippen molar-refractivity contribution in [1.29, 1.82) is 0 Å². The van der Waals surface area contributed by atoms with E-state index in [1.54, 1.807) is 23.8 Å². The highest BCUT2D eigenvalue weighted by Crippen LogP contribution is 2.35. The Labute approximate surface area is 189 Å². The van der Waals surface area contributed by atoms with Gasteiger partial charge in [-0.15, -0.1) is 11.8 Å². The molecule has 2 aromatic carbocycles. The lowest BCUT2D eigenvalue weighted by molar-refractivity contribution is -0.118. The van der Waals surface area contributed by atoms with Crippen molar-refractivity contribution < 1.29 is 14.3 Å². The Morgan fingerprint density at radius 3 is 2.90 bits per heavy atom. The molecule has 5 nitrogen and oxygen atoms in total. The number of carbonyl (C=O) groups is 1. The van der Waals surface area contributed by atoms with Gasteiger partial charge in [0.2, 0.25) is 5.91 Å². The minimum Gasteiger partial charge on any atom is -0.494 e. The first-order valence-electron chi connectivity index (χ1n) is 9.88. The number of rotatable bonds is 8. The molecule has 0 N–H and O–H groups in total. The smallest absolute Gasteiger partial charge is 0.229 e. The molecule has 1 unspecified atom stereocenters. The normalized spacial score (nSPS) is 16.1. The van der Waals surface area contributed by atoms with Crippen LogP contribution in [0.1, 0.15) is 19.3 Å². The number of hydrogen-bond acceptors (Lipinski definition) is 6. The van der Waals surface area contributed by atoms with Gasteiger partial charge in [0.15, 0.2) is 5.13 Å². The number of aromatic nitrogens is 1. The van der Waals surface area contributed by atoms with Gasteiger partial charge in [-0.3, -0.25) is 9.69 Å². The fraction of sp³-hybridized carbons (Fsp3) is 0.364. The number of carbonyl (C=O) groups excluding carboxylic acids is 1. The second-order valence-electron chi connectivity index (χ2n) is 7.00. The van der Waals surface area contributed by atoms with E-state index in [2.05, 4.69) is 0 Å². The van der Waals surface area contributed by atoms with Gasteiger partial charge in [0.25, 0.3) is 0 Å². The molecule has 2 heterocycles. The van der Waals surface area contributed by atoms with Gasteiger partial charge in [0.1, 0.15) is 11.3 Å². The zero-order valence-corrected chi connectivity index (χ0v) is 19.1. The summed E-state index contributed by atoms with van der Waals surface area (Å²) >= 11 is 9.11. The molecular formula is C22H23ClN2O3S2. The quantitative estimate of drug-likeness (QED) is 0.405. The highest BCUT2D eigenvalue weighted by atomic mass is 35.5. The van der Waals surface area contributed by atoms with Crippen molar-refractivity contribution in [3.63, 3.8) is 0 Å². The number of para-hydroxylation sites is 1. The van der Waals surface area contributed by atoms with Crippen LogP contribution in [0.2, 0.25) is 5.02 Å². The van der Waals surface area contributed by atoms with Gasteiger partial charge in [-0.1, -0.05) is 29.0 Å². The Hall–Kier alpha value is -1.80. The third-order valence-corrected chi connectivity index (χ3v) is 7.24. The van der Waals surface area contributed by atoms with Crippen LogP contribution in [0.3, 0.4) is 0 Å².